The van der Waals surface area contributed by atoms with E-state index in [0.29, 0.717) is 17.3 Å². The van der Waals surface area contributed by atoms with Crippen LogP contribution in [-0.4, -0.2) is 0 Å². The van der Waals surface area contributed by atoms with Gasteiger partial charge in [-0.05, 0) is 42.2 Å². The van der Waals surface area contributed by atoms with E-state index in [1.165, 1.54) is 11.1 Å². The number of allylic oxidation sites excluding steroid dienone is 3. The van der Waals surface area contributed by atoms with Gasteiger partial charge in [-0.1, -0.05) is 33.8 Å². The smallest absolute Gasteiger partial charge is 0.0332 e. The standard InChI is InChI=1S/C13H23N/c1-8-7-11(13(4,5)6)9(2)10(3)12(8)14/h7,9,11H,14H2,1-6H3. The fourth-order valence-electron chi connectivity index (χ4n) is 2.33. The molecule has 1 rings (SSSR count). The zero-order valence-electron chi connectivity index (χ0n) is 10.3. The molecule has 14 heavy (non-hydrogen) atoms. The van der Waals surface area contributed by atoms with Gasteiger partial charge in [0.2, 0.25) is 0 Å². The quantitative estimate of drug-likeness (QED) is 0.626. The molecule has 1 heteroatoms. The predicted octanol–water partition coefficient (Wildman–Crippen LogP) is 3.48. The van der Waals surface area contributed by atoms with Gasteiger partial charge in [-0.25, -0.2) is 0 Å². The van der Waals surface area contributed by atoms with E-state index in [9.17, 15) is 0 Å². The summed E-state index contributed by atoms with van der Waals surface area (Å²) in [6.45, 7) is 13.5. The number of hydrogen-bond acceptors (Lipinski definition) is 1. The van der Waals surface area contributed by atoms with Crippen molar-refractivity contribution < 1.29 is 0 Å². The Morgan fingerprint density at radius 2 is 1.71 bits per heavy atom. The molecule has 0 spiro atoms. The average molecular weight is 193 g/mol. The summed E-state index contributed by atoms with van der Waals surface area (Å²) in [7, 11) is 0. The second-order valence-electron chi connectivity index (χ2n) is 5.63. The molecule has 1 aliphatic rings. The molecule has 0 amide bonds. The first kappa shape index (κ1) is 11.4. The van der Waals surface area contributed by atoms with Gasteiger partial charge in [-0.3, -0.25) is 0 Å². The van der Waals surface area contributed by atoms with E-state index in [-0.39, 0.29) is 0 Å². The van der Waals surface area contributed by atoms with Crippen molar-refractivity contribution in [1.29, 1.82) is 0 Å². The van der Waals surface area contributed by atoms with Crippen LogP contribution in [0, 0.1) is 17.3 Å². The van der Waals surface area contributed by atoms with Gasteiger partial charge in [-0.15, -0.1) is 0 Å². The van der Waals surface area contributed by atoms with Crippen LogP contribution in [0.4, 0.5) is 0 Å². The molecule has 0 aromatic heterocycles. The fraction of sp³-hybridized carbons (Fsp3) is 0.692. The van der Waals surface area contributed by atoms with Crippen LogP contribution >= 0.6 is 0 Å². The molecule has 0 radical (unpaired) electrons. The highest BCUT2D eigenvalue weighted by Gasteiger charge is 2.32. The molecule has 1 aliphatic carbocycles. The third-order valence-electron chi connectivity index (χ3n) is 3.50. The summed E-state index contributed by atoms with van der Waals surface area (Å²) in [5.41, 5.74) is 9.95. The van der Waals surface area contributed by atoms with Crippen molar-refractivity contribution in [2.24, 2.45) is 23.0 Å². The van der Waals surface area contributed by atoms with Crippen LogP contribution in [0.25, 0.3) is 0 Å². The lowest BCUT2D eigenvalue weighted by molar-refractivity contribution is 0.234. The van der Waals surface area contributed by atoms with Crippen molar-refractivity contribution in [3.05, 3.63) is 22.9 Å². The largest absolute Gasteiger partial charge is 0.399 e. The molecule has 0 saturated heterocycles. The van der Waals surface area contributed by atoms with Crippen LogP contribution in [0.2, 0.25) is 0 Å². The summed E-state index contributed by atoms with van der Waals surface area (Å²) in [5.74, 6) is 1.17. The second kappa shape index (κ2) is 3.45. The molecule has 2 unspecified atom stereocenters. The Morgan fingerprint density at radius 3 is 2.14 bits per heavy atom. The molecular weight excluding hydrogens is 170 g/mol. The van der Waals surface area contributed by atoms with Gasteiger partial charge < -0.3 is 5.73 Å². The SMILES string of the molecule is CC1=CC(C(C)(C)C)C(C)C(C)=C1N. The van der Waals surface area contributed by atoms with E-state index < -0.39 is 0 Å². The molecule has 0 heterocycles. The van der Waals surface area contributed by atoms with Gasteiger partial charge in [0.25, 0.3) is 0 Å². The topological polar surface area (TPSA) is 26.0 Å². The Morgan fingerprint density at radius 1 is 1.21 bits per heavy atom. The highest BCUT2D eigenvalue weighted by Crippen LogP contribution is 2.41. The van der Waals surface area contributed by atoms with Gasteiger partial charge in [0, 0.05) is 5.70 Å². The molecule has 2 N–H and O–H groups in total. The highest BCUT2D eigenvalue weighted by molar-refractivity contribution is 5.37. The Kier molecular flexibility index (Phi) is 2.80. The average Bonchev–Trinajstić information content (AvgIpc) is 2.06. The van der Waals surface area contributed by atoms with Crippen molar-refractivity contribution in [3.63, 3.8) is 0 Å². The monoisotopic (exact) mass is 193 g/mol. The summed E-state index contributed by atoms with van der Waals surface area (Å²) in [5, 5.41) is 0. The lowest BCUT2D eigenvalue weighted by Gasteiger charge is -2.37. The van der Waals surface area contributed by atoms with Gasteiger partial charge in [0.15, 0.2) is 0 Å². The van der Waals surface area contributed by atoms with Crippen LogP contribution in [0.5, 0.6) is 0 Å². The first-order valence-corrected chi connectivity index (χ1v) is 5.40. The third-order valence-corrected chi connectivity index (χ3v) is 3.50. The summed E-state index contributed by atoms with van der Waals surface area (Å²) in [4.78, 5) is 0. The second-order valence-corrected chi connectivity index (χ2v) is 5.63. The molecule has 2 atom stereocenters. The molecule has 0 aliphatic heterocycles. The van der Waals surface area contributed by atoms with E-state index in [2.05, 4.69) is 47.6 Å². The van der Waals surface area contributed by atoms with Crippen LogP contribution in [0.15, 0.2) is 22.9 Å². The maximum Gasteiger partial charge on any atom is 0.0332 e. The lowest BCUT2D eigenvalue weighted by atomic mass is 9.68. The van der Waals surface area contributed by atoms with Gasteiger partial charge in [0.05, 0.1) is 0 Å². The van der Waals surface area contributed by atoms with Crippen molar-refractivity contribution >= 4 is 0 Å². The maximum atomic E-state index is 6.03. The van der Waals surface area contributed by atoms with Crippen molar-refractivity contribution in [3.8, 4) is 0 Å². The molecule has 0 aromatic carbocycles. The molecule has 0 fully saturated rings. The molecule has 80 valence electrons. The number of nitrogens with two attached hydrogens (primary N) is 1. The number of rotatable bonds is 0. The molecule has 1 nitrogen and oxygen atoms in total. The Bertz CT molecular complexity index is 289. The summed E-state index contributed by atoms with van der Waals surface area (Å²) < 4.78 is 0. The van der Waals surface area contributed by atoms with E-state index in [0.717, 1.165) is 5.70 Å². The van der Waals surface area contributed by atoms with E-state index in [4.69, 9.17) is 5.73 Å². The zero-order chi connectivity index (χ0) is 11.1. The van der Waals surface area contributed by atoms with Crippen LogP contribution in [-0.2, 0) is 0 Å². The van der Waals surface area contributed by atoms with Gasteiger partial charge in [-0.2, -0.15) is 0 Å². The van der Waals surface area contributed by atoms with E-state index in [1.54, 1.807) is 0 Å². The minimum atomic E-state index is 0.322. The van der Waals surface area contributed by atoms with Crippen LogP contribution in [0.1, 0.15) is 41.5 Å². The first-order chi connectivity index (χ1) is 6.25. The molecule has 0 bridgehead atoms. The molecular formula is C13H23N. The predicted molar refractivity (Wildman–Crippen MR) is 62.8 cm³/mol. The normalized spacial score (nSPS) is 29.1. The summed E-state index contributed by atoms with van der Waals surface area (Å²) in [6.07, 6.45) is 2.34. The molecule has 0 saturated carbocycles. The minimum Gasteiger partial charge on any atom is -0.399 e. The van der Waals surface area contributed by atoms with Gasteiger partial charge >= 0.3 is 0 Å². The molecule has 0 aromatic rings. The van der Waals surface area contributed by atoms with Crippen molar-refractivity contribution in [2.45, 2.75) is 41.5 Å². The van der Waals surface area contributed by atoms with Crippen LogP contribution in [0.3, 0.4) is 0 Å². The Balaban J connectivity index is 3.09. The van der Waals surface area contributed by atoms with E-state index >= 15 is 0 Å². The number of hydrogen-bond donors (Lipinski definition) is 1. The van der Waals surface area contributed by atoms with E-state index in [1.807, 2.05) is 0 Å². The van der Waals surface area contributed by atoms with Crippen molar-refractivity contribution in [2.75, 3.05) is 0 Å². The third kappa shape index (κ3) is 1.87. The first-order valence-electron chi connectivity index (χ1n) is 5.40. The highest BCUT2D eigenvalue weighted by atomic mass is 14.6. The summed E-state index contributed by atoms with van der Waals surface area (Å²) >= 11 is 0. The Hall–Kier alpha value is -0.720. The maximum absolute atomic E-state index is 6.03. The Labute approximate surface area is 88.1 Å². The minimum absolute atomic E-state index is 0.322. The fourth-order valence-corrected chi connectivity index (χ4v) is 2.33. The van der Waals surface area contributed by atoms with Gasteiger partial charge in [0.1, 0.15) is 0 Å². The summed E-state index contributed by atoms with van der Waals surface area (Å²) in [6, 6.07) is 0. The van der Waals surface area contributed by atoms with Crippen molar-refractivity contribution in [1.82, 2.24) is 0 Å². The van der Waals surface area contributed by atoms with Crippen LogP contribution < -0.4 is 5.73 Å². The zero-order valence-corrected chi connectivity index (χ0v) is 10.3. The lowest BCUT2D eigenvalue weighted by Crippen LogP contribution is -2.30.